The summed E-state index contributed by atoms with van der Waals surface area (Å²) in [5, 5.41) is 5.62. The smallest absolute Gasteiger partial charge is 0.271 e. The van der Waals surface area contributed by atoms with E-state index >= 15 is 0 Å². The maximum absolute atomic E-state index is 12.5. The van der Waals surface area contributed by atoms with Crippen molar-refractivity contribution in [3.8, 4) is 22.1 Å². The van der Waals surface area contributed by atoms with E-state index in [-0.39, 0.29) is 18.2 Å². The molecule has 2 aliphatic rings. The molecule has 3 N–H and O–H groups in total. The largest absolute Gasteiger partial charge is 0.454 e. The number of thiazole rings is 1. The molecule has 1 aliphatic heterocycles. The summed E-state index contributed by atoms with van der Waals surface area (Å²) in [7, 11) is 0. The summed E-state index contributed by atoms with van der Waals surface area (Å²) in [6, 6.07) is 5.66. The van der Waals surface area contributed by atoms with Gasteiger partial charge < -0.3 is 20.5 Å². The Morgan fingerprint density at radius 1 is 1.42 bits per heavy atom. The minimum Gasteiger partial charge on any atom is -0.454 e. The fraction of sp³-hybridized carbons (Fsp3) is 0.412. The summed E-state index contributed by atoms with van der Waals surface area (Å²) >= 11 is 1.43. The van der Waals surface area contributed by atoms with E-state index in [2.05, 4.69) is 10.3 Å². The van der Waals surface area contributed by atoms with Gasteiger partial charge in [0.25, 0.3) is 5.91 Å². The van der Waals surface area contributed by atoms with Crippen LogP contribution in [0.4, 0.5) is 0 Å². The topological polar surface area (TPSA) is 86.5 Å². The van der Waals surface area contributed by atoms with Crippen molar-refractivity contribution in [1.29, 1.82) is 0 Å². The number of carbonyl (C=O) groups is 1. The van der Waals surface area contributed by atoms with E-state index in [9.17, 15) is 4.79 Å². The van der Waals surface area contributed by atoms with Crippen molar-refractivity contribution in [3.05, 3.63) is 29.3 Å². The zero-order valence-corrected chi connectivity index (χ0v) is 14.2. The van der Waals surface area contributed by atoms with Crippen LogP contribution < -0.4 is 20.5 Å². The van der Waals surface area contributed by atoms with Gasteiger partial charge in [0.2, 0.25) is 6.79 Å². The zero-order valence-electron chi connectivity index (χ0n) is 13.4. The minimum atomic E-state index is -0.348. The maximum Gasteiger partial charge on any atom is 0.271 e. The number of nitrogens with zero attached hydrogens (tertiary/aromatic N) is 1. The predicted octanol–water partition coefficient (Wildman–Crippen LogP) is 2.40. The van der Waals surface area contributed by atoms with Crippen molar-refractivity contribution in [3.63, 3.8) is 0 Å². The summed E-state index contributed by atoms with van der Waals surface area (Å²) in [5.41, 5.74) is 6.85. The first-order valence-electron chi connectivity index (χ1n) is 7.97. The van der Waals surface area contributed by atoms with Gasteiger partial charge in [-0.25, -0.2) is 4.98 Å². The highest BCUT2D eigenvalue weighted by atomic mass is 32.1. The molecular formula is C17H19N3O3S. The van der Waals surface area contributed by atoms with Crippen LogP contribution in [0.2, 0.25) is 0 Å². The van der Waals surface area contributed by atoms with Crippen LogP contribution in [0.25, 0.3) is 10.6 Å². The van der Waals surface area contributed by atoms with Crippen LogP contribution in [0.3, 0.4) is 0 Å². The lowest BCUT2D eigenvalue weighted by Gasteiger charge is -2.29. The average Bonchev–Trinajstić information content (AvgIpc) is 3.16. The third-order valence-corrected chi connectivity index (χ3v) is 5.55. The van der Waals surface area contributed by atoms with Crippen molar-refractivity contribution in [1.82, 2.24) is 10.3 Å². The van der Waals surface area contributed by atoms with E-state index in [1.165, 1.54) is 11.3 Å². The number of carbonyl (C=O) groups excluding carboxylic acids is 1. The Kier molecular flexibility index (Phi) is 3.69. The Morgan fingerprint density at radius 3 is 2.96 bits per heavy atom. The number of aromatic nitrogens is 1. The highest BCUT2D eigenvalue weighted by Crippen LogP contribution is 2.39. The molecule has 1 saturated carbocycles. The van der Waals surface area contributed by atoms with Crippen molar-refractivity contribution < 1.29 is 14.3 Å². The van der Waals surface area contributed by atoms with E-state index in [4.69, 9.17) is 15.2 Å². The van der Waals surface area contributed by atoms with Crippen LogP contribution in [0.1, 0.15) is 30.3 Å². The van der Waals surface area contributed by atoms with E-state index < -0.39 is 0 Å². The molecule has 24 heavy (non-hydrogen) atoms. The second-order valence-corrected chi connectivity index (χ2v) is 7.31. The Labute approximate surface area is 144 Å². The van der Waals surface area contributed by atoms with Gasteiger partial charge in [0.1, 0.15) is 10.7 Å². The fourth-order valence-corrected chi connectivity index (χ4v) is 3.70. The Morgan fingerprint density at radius 2 is 2.21 bits per heavy atom. The van der Waals surface area contributed by atoms with Crippen LogP contribution in [0.5, 0.6) is 11.5 Å². The summed E-state index contributed by atoms with van der Waals surface area (Å²) in [6.45, 7) is 2.68. The number of ether oxygens (including phenoxy) is 2. The molecule has 0 bridgehead atoms. The molecule has 7 heteroatoms. The highest BCUT2D eigenvalue weighted by Gasteiger charge is 2.41. The molecule has 1 aromatic heterocycles. The molecule has 2 heterocycles. The molecule has 0 spiro atoms. The number of amides is 1. The SMILES string of the molecule is CC(CN)(NC(=O)c1csc(-c2ccc3c(c2)OCO3)n1)C1CC1. The van der Waals surface area contributed by atoms with Gasteiger partial charge in [-0.2, -0.15) is 0 Å². The van der Waals surface area contributed by atoms with E-state index in [1.54, 1.807) is 5.38 Å². The van der Waals surface area contributed by atoms with Crippen LogP contribution >= 0.6 is 11.3 Å². The van der Waals surface area contributed by atoms with Crippen LogP contribution in [-0.4, -0.2) is 29.8 Å². The van der Waals surface area contributed by atoms with Crippen molar-refractivity contribution >= 4 is 17.2 Å². The van der Waals surface area contributed by atoms with Gasteiger partial charge in [-0.15, -0.1) is 11.3 Å². The normalized spacial score (nSPS) is 18.2. The molecule has 1 unspecified atom stereocenters. The van der Waals surface area contributed by atoms with Crippen molar-refractivity contribution in [2.24, 2.45) is 11.7 Å². The third kappa shape index (κ3) is 2.74. The number of rotatable bonds is 5. The van der Waals surface area contributed by atoms with Gasteiger partial charge in [-0.1, -0.05) is 0 Å². The summed E-state index contributed by atoms with van der Waals surface area (Å²) in [4.78, 5) is 17.0. The maximum atomic E-state index is 12.5. The molecule has 0 saturated heterocycles. The number of hydrogen-bond donors (Lipinski definition) is 2. The summed E-state index contributed by atoms with van der Waals surface area (Å²) in [6.07, 6.45) is 2.24. The lowest BCUT2D eigenvalue weighted by Crippen LogP contribution is -2.53. The number of fused-ring (bicyclic) bond motifs is 1. The van der Waals surface area contributed by atoms with Crippen molar-refractivity contribution in [2.75, 3.05) is 13.3 Å². The summed E-state index contributed by atoms with van der Waals surface area (Å²) < 4.78 is 10.7. The fourth-order valence-electron chi connectivity index (χ4n) is 2.90. The van der Waals surface area contributed by atoms with Gasteiger partial charge in [0, 0.05) is 17.5 Å². The van der Waals surface area contributed by atoms with Crippen LogP contribution in [0.15, 0.2) is 23.6 Å². The second-order valence-electron chi connectivity index (χ2n) is 6.46. The molecule has 1 atom stereocenters. The molecule has 4 rings (SSSR count). The number of nitrogens with two attached hydrogens (primary N) is 1. The van der Waals surface area contributed by atoms with Crippen LogP contribution in [-0.2, 0) is 0 Å². The van der Waals surface area contributed by atoms with E-state index in [0.29, 0.717) is 23.9 Å². The Balaban J connectivity index is 1.53. The molecule has 1 fully saturated rings. The molecule has 1 aromatic carbocycles. The van der Waals surface area contributed by atoms with Gasteiger partial charge >= 0.3 is 0 Å². The Bertz CT molecular complexity index is 787. The number of benzene rings is 1. The molecule has 1 amide bonds. The molecule has 126 valence electrons. The predicted molar refractivity (Wildman–Crippen MR) is 91.3 cm³/mol. The lowest BCUT2D eigenvalue weighted by molar-refractivity contribution is 0.0893. The molecule has 2 aromatic rings. The van der Waals surface area contributed by atoms with E-state index in [1.807, 2.05) is 25.1 Å². The number of hydrogen-bond acceptors (Lipinski definition) is 6. The molecular weight excluding hydrogens is 326 g/mol. The Hall–Kier alpha value is -2.12. The van der Waals surface area contributed by atoms with Gasteiger partial charge in [0.15, 0.2) is 11.5 Å². The standard InChI is InChI=1S/C17H19N3O3S/c1-17(8-18,11-3-4-11)20-15(21)12-7-24-16(19-12)10-2-5-13-14(6-10)23-9-22-13/h2,5-7,11H,3-4,8-9,18H2,1H3,(H,20,21). The first-order chi connectivity index (χ1) is 11.6. The van der Waals surface area contributed by atoms with Gasteiger partial charge in [0.05, 0.1) is 5.54 Å². The third-order valence-electron chi connectivity index (χ3n) is 4.66. The molecule has 6 nitrogen and oxygen atoms in total. The van der Waals surface area contributed by atoms with Crippen LogP contribution in [0, 0.1) is 5.92 Å². The monoisotopic (exact) mass is 345 g/mol. The molecule has 1 aliphatic carbocycles. The lowest BCUT2D eigenvalue weighted by atomic mass is 9.96. The number of nitrogens with one attached hydrogen (secondary N) is 1. The minimum absolute atomic E-state index is 0.168. The summed E-state index contributed by atoms with van der Waals surface area (Å²) in [5.74, 6) is 1.74. The second kappa shape index (κ2) is 5.75. The quantitative estimate of drug-likeness (QED) is 0.869. The van der Waals surface area contributed by atoms with Crippen molar-refractivity contribution in [2.45, 2.75) is 25.3 Å². The van der Waals surface area contributed by atoms with E-state index in [0.717, 1.165) is 29.2 Å². The zero-order chi connectivity index (χ0) is 16.7. The molecule has 0 radical (unpaired) electrons. The van der Waals surface area contributed by atoms with Gasteiger partial charge in [-0.05, 0) is 43.9 Å². The van der Waals surface area contributed by atoms with Gasteiger partial charge in [-0.3, -0.25) is 4.79 Å². The first kappa shape index (κ1) is 15.4. The average molecular weight is 345 g/mol. The highest BCUT2D eigenvalue weighted by molar-refractivity contribution is 7.13. The first-order valence-corrected chi connectivity index (χ1v) is 8.85.